The minimum Gasteiger partial charge on any atom is -0.444 e. The fraction of sp³-hybridized carbons (Fsp3) is 0.913. The van der Waals surface area contributed by atoms with Gasteiger partial charge in [-0.25, -0.2) is 9.59 Å². The maximum Gasteiger partial charge on any atom is 0.412 e. The van der Waals surface area contributed by atoms with Gasteiger partial charge in [-0.05, 0) is 79.3 Å². The van der Waals surface area contributed by atoms with Crippen LogP contribution in [0.3, 0.4) is 0 Å². The van der Waals surface area contributed by atoms with Gasteiger partial charge in [0, 0.05) is 19.0 Å². The third-order valence-corrected chi connectivity index (χ3v) is 6.05. The normalized spacial score (nSPS) is 23.6. The number of likely N-dealkylation sites (tertiary alicyclic amines) is 1. The Morgan fingerprint density at radius 1 is 1.03 bits per heavy atom. The van der Waals surface area contributed by atoms with E-state index in [2.05, 4.69) is 39.2 Å². The van der Waals surface area contributed by atoms with E-state index in [1.165, 1.54) is 0 Å². The SMILES string of the molecule is CC(CC1(O[SiH](C)C)CC(C(C)(C)C)CN1C(=O)OC(C)(C)C)NC(=O)OC(C)(C)C. The Bertz CT molecular complexity index is 633. The molecule has 1 heterocycles. The largest absolute Gasteiger partial charge is 0.444 e. The van der Waals surface area contributed by atoms with Crippen molar-refractivity contribution in [3.8, 4) is 0 Å². The highest BCUT2D eigenvalue weighted by Gasteiger charge is 2.53. The van der Waals surface area contributed by atoms with Gasteiger partial charge in [-0.1, -0.05) is 20.8 Å². The van der Waals surface area contributed by atoms with E-state index in [1.807, 2.05) is 48.5 Å². The van der Waals surface area contributed by atoms with Crippen molar-refractivity contribution >= 4 is 21.2 Å². The molecule has 1 N–H and O–H groups in total. The van der Waals surface area contributed by atoms with E-state index < -0.39 is 32.1 Å². The predicted octanol–water partition coefficient (Wildman–Crippen LogP) is 5.29. The smallest absolute Gasteiger partial charge is 0.412 e. The van der Waals surface area contributed by atoms with E-state index in [0.29, 0.717) is 19.4 Å². The minimum atomic E-state index is -1.53. The summed E-state index contributed by atoms with van der Waals surface area (Å²) in [5, 5.41) is 2.92. The molecular weight excluding hydrogens is 412 g/mol. The van der Waals surface area contributed by atoms with Crippen molar-refractivity contribution in [2.45, 2.75) is 118 Å². The van der Waals surface area contributed by atoms with Gasteiger partial charge in [0.05, 0.1) is 0 Å². The molecule has 3 unspecified atom stereocenters. The van der Waals surface area contributed by atoms with Crippen molar-refractivity contribution in [2.24, 2.45) is 11.3 Å². The van der Waals surface area contributed by atoms with Gasteiger partial charge in [0.15, 0.2) is 9.04 Å². The van der Waals surface area contributed by atoms with Gasteiger partial charge >= 0.3 is 12.2 Å². The number of nitrogens with zero attached hydrogens (tertiary/aromatic N) is 1. The van der Waals surface area contributed by atoms with Crippen molar-refractivity contribution in [1.82, 2.24) is 10.2 Å². The van der Waals surface area contributed by atoms with E-state index in [9.17, 15) is 9.59 Å². The molecule has 7 nitrogen and oxygen atoms in total. The second kappa shape index (κ2) is 9.69. The molecule has 0 aromatic carbocycles. The number of alkyl carbamates (subject to hydrolysis) is 1. The van der Waals surface area contributed by atoms with Crippen molar-refractivity contribution in [1.29, 1.82) is 0 Å². The molecule has 3 atom stereocenters. The van der Waals surface area contributed by atoms with Crippen LogP contribution in [0.2, 0.25) is 13.1 Å². The molecule has 1 rings (SSSR count). The summed E-state index contributed by atoms with van der Waals surface area (Å²) in [5.41, 5.74) is -1.98. The molecule has 1 aliphatic rings. The summed E-state index contributed by atoms with van der Waals surface area (Å²) < 4.78 is 17.8. The van der Waals surface area contributed by atoms with Gasteiger partial charge in [-0.15, -0.1) is 0 Å². The molecule has 1 saturated heterocycles. The minimum absolute atomic E-state index is 0.00569. The zero-order chi connectivity index (χ0) is 24.4. The molecule has 0 aromatic rings. The number of carbonyl (C=O) groups is 2. The third-order valence-electron chi connectivity index (χ3n) is 5.14. The molecule has 0 aromatic heterocycles. The van der Waals surface area contributed by atoms with Gasteiger partial charge in [-0.2, -0.15) is 0 Å². The van der Waals surface area contributed by atoms with Crippen LogP contribution >= 0.6 is 0 Å². The van der Waals surface area contributed by atoms with E-state index in [0.717, 1.165) is 0 Å². The van der Waals surface area contributed by atoms with Gasteiger partial charge in [0.25, 0.3) is 0 Å². The van der Waals surface area contributed by atoms with Crippen molar-refractivity contribution in [3.63, 3.8) is 0 Å². The first-order valence-corrected chi connectivity index (χ1v) is 14.2. The molecular formula is C23H46N2O5Si. The number of rotatable bonds is 5. The summed E-state index contributed by atoms with van der Waals surface area (Å²) in [4.78, 5) is 27.3. The summed E-state index contributed by atoms with van der Waals surface area (Å²) in [6.07, 6.45) is 0.356. The molecule has 1 fully saturated rings. The fourth-order valence-corrected chi connectivity index (χ4v) is 5.11. The third kappa shape index (κ3) is 9.00. The monoisotopic (exact) mass is 458 g/mol. The predicted molar refractivity (Wildman–Crippen MR) is 127 cm³/mol. The quantitative estimate of drug-likeness (QED) is 0.567. The Morgan fingerprint density at radius 3 is 1.97 bits per heavy atom. The van der Waals surface area contributed by atoms with Crippen LogP contribution in [0.1, 0.15) is 82.1 Å². The molecule has 0 aliphatic carbocycles. The van der Waals surface area contributed by atoms with E-state index in [1.54, 1.807) is 4.90 Å². The standard InChI is InChI=1S/C23H46N2O5Si/c1-16(24-18(26)28-21(5,6)7)13-23(30-31(11)12)14-17(20(2,3)4)15-25(23)19(27)29-22(8,9)10/h16-17,31H,13-15H2,1-12H3,(H,24,26). The molecule has 2 amide bonds. The highest BCUT2D eigenvalue weighted by Crippen LogP contribution is 2.46. The van der Waals surface area contributed by atoms with E-state index >= 15 is 0 Å². The first-order chi connectivity index (χ1) is 13.7. The molecule has 0 spiro atoms. The summed E-state index contributed by atoms with van der Waals surface area (Å²) >= 11 is 0. The first kappa shape index (κ1) is 27.8. The van der Waals surface area contributed by atoms with E-state index in [-0.39, 0.29) is 23.5 Å². The average molecular weight is 459 g/mol. The van der Waals surface area contributed by atoms with Crippen molar-refractivity contribution in [2.75, 3.05) is 6.54 Å². The van der Waals surface area contributed by atoms with Crippen LogP contribution in [0.25, 0.3) is 0 Å². The molecule has 31 heavy (non-hydrogen) atoms. The second-order valence-corrected chi connectivity index (χ2v) is 14.6. The lowest BCUT2D eigenvalue weighted by molar-refractivity contribution is -0.0768. The Balaban J connectivity index is 3.22. The summed E-state index contributed by atoms with van der Waals surface area (Å²) in [7, 11) is -1.53. The Labute approximate surface area is 191 Å². The fourth-order valence-electron chi connectivity index (χ4n) is 3.91. The molecule has 0 bridgehead atoms. The zero-order valence-electron chi connectivity index (χ0n) is 21.8. The number of hydrogen-bond donors (Lipinski definition) is 1. The summed E-state index contributed by atoms with van der Waals surface area (Å²) in [6.45, 7) is 24.4. The van der Waals surface area contributed by atoms with Gasteiger partial charge < -0.3 is 19.2 Å². The Morgan fingerprint density at radius 2 is 1.55 bits per heavy atom. The van der Waals surface area contributed by atoms with Crippen LogP contribution in [0, 0.1) is 11.3 Å². The zero-order valence-corrected chi connectivity index (χ0v) is 23.0. The molecule has 8 heteroatoms. The van der Waals surface area contributed by atoms with Crippen LogP contribution in [0.4, 0.5) is 9.59 Å². The Hall–Kier alpha value is -1.28. The maximum atomic E-state index is 13.2. The van der Waals surface area contributed by atoms with Crippen molar-refractivity contribution in [3.05, 3.63) is 0 Å². The lowest BCUT2D eigenvalue weighted by Crippen LogP contribution is -2.55. The van der Waals surface area contributed by atoms with Crippen LogP contribution in [0.15, 0.2) is 0 Å². The highest BCUT2D eigenvalue weighted by atomic mass is 28.3. The number of ether oxygens (including phenoxy) is 2. The number of carbonyl (C=O) groups excluding carboxylic acids is 2. The topological polar surface area (TPSA) is 77.1 Å². The second-order valence-electron chi connectivity index (χ2n) is 12.2. The van der Waals surface area contributed by atoms with Crippen molar-refractivity contribution < 1.29 is 23.5 Å². The van der Waals surface area contributed by atoms with Gasteiger partial charge in [0.1, 0.15) is 16.9 Å². The van der Waals surface area contributed by atoms with Crippen LogP contribution < -0.4 is 5.32 Å². The Kier molecular flexibility index (Phi) is 8.67. The van der Waals surface area contributed by atoms with Crippen LogP contribution in [-0.2, 0) is 13.9 Å². The lowest BCUT2D eigenvalue weighted by atomic mass is 9.78. The number of amides is 2. The molecule has 1 aliphatic heterocycles. The molecule has 0 saturated carbocycles. The highest BCUT2D eigenvalue weighted by molar-refractivity contribution is 6.48. The summed E-state index contributed by atoms with van der Waals surface area (Å²) in [6, 6.07) is -0.244. The lowest BCUT2D eigenvalue weighted by Gasteiger charge is -2.42. The maximum absolute atomic E-state index is 13.2. The van der Waals surface area contributed by atoms with Crippen LogP contribution in [-0.4, -0.2) is 55.6 Å². The summed E-state index contributed by atoms with van der Waals surface area (Å²) in [5.74, 6) is 0.251. The number of nitrogens with one attached hydrogen (secondary N) is 1. The van der Waals surface area contributed by atoms with E-state index in [4.69, 9.17) is 13.9 Å². The first-order valence-electron chi connectivity index (χ1n) is 11.4. The van der Waals surface area contributed by atoms with Gasteiger partial charge in [0.2, 0.25) is 0 Å². The van der Waals surface area contributed by atoms with Gasteiger partial charge in [-0.3, -0.25) is 4.90 Å². The molecule has 0 radical (unpaired) electrons. The van der Waals surface area contributed by atoms with Crippen LogP contribution in [0.5, 0.6) is 0 Å². The molecule has 182 valence electrons. The number of hydrogen-bond acceptors (Lipinski definition) is 5. The average Bonchev–Trinajstić information content (AvgIpc) is 2.80.